The lowest BCUT2D eigenvalue weighted by Gasteiger charge is -2.04. The zero-order chi connectivity index (χ0) is 16.5. The van der Waals surface area contributed by atoms with E-state index in [0.717, 1.165) is 25.2 Å². The molecule has 0 aliphatic rings. The van der Waals surface area contributed by atoms with Gasteiger partial charge in [-0.3, -0.25) is 0 Å². The average molecular weight is 309 g/mol. The number of aryl methyl sites for hydroxylation is 1. The first kappa shape index (κ1) is 21.0. The van der Waals surface area contributed by atoms with Gasteiger partial charge in [0, 0.05) is 13.2 Å². The summed E-state index contributed by atoms with van der Waals surface area (Å²) in [6, 6.07) is 7.68. The molecule has 128 valence electrons. The number of hydrogen-bond acceptors (Lipinski definition) is 2. The Bertz CT molecular complexity index is 334. The van der Waals surface area contributed by atoms with Gasteiger partial charge in [-0.15, -0.1) is 0 Å². The number of phenols is 1. The molecular formula is C20H36O2. The van der Waals surface area contributed by atoms with Crippen molar-refractivity contribution in [3.05, 3.63) is 29.8 Å². The van der Waals surface area contributed by atoms with Crippen LogP contribution in [0.3, 0.4) is 0 Å². The maximum atomic E-state index is 9.61. The molecule has 0 aliphatic heterocycles. The average Bonchev–Trinajstić information content (AvgIpc) is 2.53. The largest absolute Gasteiger partial charge is 0.508 e. The van der Waals surface area contributed by atoms with E-state index < -0.39 is 0 Å². The van der Waals surface area contributed by atoms with Gasteiger partial charge in [0.1, 0.15) is 5.75 Å². The van der Waals surface area contributed by atoms with E-state index >= 15 is 0 Å². The Balaban J connectivity index is 0.000000763. The summed E-state index contributed by atoms with van der Waals surface area (Å²) < 4.78 is 4.83. The van der Waals surface area contributed by atoms with Gasteiger partial charge in [0.05, 0.1) is 0 Å². The van der Waals surface area contributed by atoms with Crippen LogP contribution in [-0.4, -0.2) is 18.3 Å². The van der Waals surface area contributed by atoms with Crippen molar-refractivity contribution in [2.45, 2.75) is 78.6 Å². The fourth-order valence-electron chi connectivity index (χ4n) is 2.38. The Morgan fingerprint density at radius 1 is 0.773 bits per heavy atom. The van der Waals surface area contributed by atoms with Crippen LogP contribution in [0.15, 0.2) is 24.3 Å². The van der Waals surface area contributed by atoms with Crippen molar-refractivity contribution in [1.29, 1.82) is 0 Å². The summed E-state index contributed by atoms with van der Waals surface area (Å²) in [6.07, 6.45) is 11.7. The van der Waals surface area contributed by atoms with E-state index in [-0.39, 0.29) is 0 Å². The minimum atomic E-state index is 0.454. The maximum absolute atomic E-state index is 9.61. The molecule has 0 heterocycles. The van der Waals surface area contributed by atoms with Crippen LogP contribution in [0, 0.1) is 0 Å². The molecule has 0 spiro atoms. The minimum absolute atomic E-state index is 0.454. The normalized spacial score (nSPS) is 10.1. The van der Waals surface area contributed by atoms with Gasteiger partial charge >= 0.3 is 0 Å². The van der Waals surface area contributed by atoms with Gasteiger partial charge in [0.15, 0.2) is 0 Å². The van der Waals surface area contributed by atoms with E-state index in [1.165, 1.54) is 51.4 Å². The van der Waals surface area contributed by atoms with E-state index in [1.807, 2.05) is 32.0 Å². The summed E-state index contributed by atoms with van der Waals surface area (Å²) in [6.45, 7) is 7.92. The second-order valence-electron chi connectivity index (χ2n) is 5.64. The first-order valence-electron chi connectivity index (χ1n) is 9.10. The van der Waals surface area contributed by atoms with Gasteiger partial charge in [0.25, 0.3) is 0 Å². The van der Waals surface area contributed by atoms with Crippen LogP contribution in [0.2, 0.25) is 0 Å². The summed E-state index contributed by atoms with van der Waals surface area (Å²) in [5, 5.41) is 9.61. The highest BCUT2D eigenvalue weighted by molar-refractivity contribution is 5.31. The third-order valence-corrected chi connectivity index (χ3v) is 3.70. The maximum Gasteiger partial charge on any atom is 0.118 e. The van der Waals surface area contributed by atoms with Crippen LogP contribution in [0.25, 0.3) is 0 Å². The number of rotatable bonds is 11. The monoisotopic (exact) mass is 308 g/mol. The van der Waals surface area contributed by atoms with Gasteiger partial charge in [0.2, 0.25) is 0 Å². The van der Waals surface area contributed by atoms with Crippen molar-refractivity contribution >= 4 is 0 Å². The zero-order valence-electron chi connectivity index (χ0n) is 14.9. The van der Waals surface area contributed by atoms with Crippen LogP contribution in [0.4, 0.5) is 0 Å². The van der Waals surface area contributed by atoms with Crippen molar-refractivity contribution in [3.8, 4) is 5.75 Å². The lowest BCUT2D eigenvalue weighted by molar-refractivity contribution is 0.162. The molecule has 1 aromatic rings. The molecule has 0 radical (unpaired) electrons. The van der Waals surface area contributed by atoms with Crippen LogP contribution in [0.1, 0.15) is 77.7 Å². The summed E-state index contributed by atoms with van der Waals surface area (Å²) >= 11 is 0. The standard InChI is InChI=1S/C16H26O.C4H10O/c1-2-3-4-5-6-7-8-9-12-15-13-10-11-14-16(15)17;1-3-5-4-2/h10-11,13-14,17H,2-9,12H2,1H3;3-4H2,1-2H3. The molecule has 0 bridgehead atoms. The minimum Gasteiger partial charge on any atom is -0.508 e. The molecule has 2 heteroatoms. The molecule has 0 amide bonds. The quantitative estimate of drug-likeness (QED) is 0.499. The van der Waals surface area contributed by atoms with E-state index in [4.69, 9.17) is 4.74 Å². The molecule has 22 heavy (non-hydrogen) atoms. The number of aromatic hydroxyl groups is 1. The smallest absolute Gasteiger partial charge is 0.118 e. The number of para-hydroxylation sites is 1. The first-order valence-corrected chi connectivity index (χ1v) is 9.10. The van der Waals surface area contributed by atoms with Crippen molar-refractivity contribution in [3.63, 3.8) is 0 Å². The molecule has 1 aromatic carbocycles. The number of ether oxygens (including phenoxy) is 1. The molecular weight excluding hydrogens is 272 g/mol. The van der Waals surface area contributed by atoms with Gasteiger partial charge < -0.3 is 9.84 Å². The Morgan fingerprint density at radius 2 is 1.32 bits per heavy atom. The molecule has 2 nitrogen and oxygen atoms in total. The lowest BCUT2D eigenvalue weighted by atomic mass is 10.0. The second kappa shape index (κ2) is 16.4. The van der Waals surface area contributed by atoms with Crippen molar-refractivity contribution in [1.82, 2.24) is 0 Å². The summed E-state index contributed by atoms with van der Waals surface area (Å²) in [7, 11) is 0. The molecule has 0 saturated heterocycles. The number of hydrogen-bond donors (Lipinski definition) is 1. The zero-order valence-corrected chi connectivity index (χ0v) is 14.9. The molecule has 0 unspecified atom stereocenters. The topological polar surface area (TPSA) is 29.5 Å². The highest BCUT2D eigenvalue weighted by atomic mass is 16.5. The fraction of sp³-hybridized carbons (Fsp3) is 0.700. The van der Waals surface area contributed by atoms with Crippen LogP contribution in [-0.2, 0) is 11.2 Å². The Morgan fingerprint density at radius 3 is 1.82 bits per heavy atom. The fourth-order valence-corrected chi connectivity index (χ4v) is 2.38. The third kappa shape index (κ3) is 12.7. The Hall–Kier alpha value is -1.02. The number of benzene rings is 1. The van der Waals surface area contributed by atoms with Crippen molar-refractivity contribution < 1.29 is 9.84 Å². The predicted molar refractivity (Wildman–Crippen MR) is 96.6 cm³/mol. The first-order chi connectivity index (χ1) is 10.8. The van der Waals surface area contributed by atoms with Gasteiger partial charge in [-0.25, -0.2) is 0 Å². The molecule has 0 fully saturated rings. The SMILES string of the molecule is CCCCCCCCCCc1ccccc1O.CCOCC. The van der Waals surface area contributed by atoms with Crippen LogP contribution in [0.5, 0.6) is 5.75 Å². The Kier molecular flexibility index (Phi) is 15.6. The Labute approximate surface area is 137 Å². The van der Waals surface area contributed by atoms with Crippen molar-refractivity contribution in [2.24, 2.45) is 0 Å². The van der Waals surface area contributed by atoms with E-state index in [1.54, 1.807) is 6.07 Å². The van der Waals surface area contributed by atoms with Crippen molar-refractivity contribution in [2.75, 3.05) is 13.2 Å². The predicted octanol–water partition coefficient (Wildman–Crippen LogP) is 6.12. The summed E-state index contributed by atoms with van der Waals surface area (Å²) in [5.74, 6) is 0.454. The number of unbranched alkanes of at least 4 members (excludes halogenated alkanes) is 7. The van der Waals surface area contributed by atoms with Crippen LogP contribution < -0.4 is 0 Å². The molecule has 0 saturated carbocycles. The number of phenolic OH excluding ortho intramolecular Hbond substituents is 1. The third-order valence-electron chi connectivity index (χ3n) is 3.70. The van der Waals surface area contributed by atoms with E-state index in [9.17, 15) is 5.11 Å². The molecule has 0 aliphatic carbocycles. The lowest BCUT2D eigenvalue weighted by Crippen LogP contribution is -1.87. The van der Waals surface area contributed by atoms with E-state index in [0.29, 0.717) is 5.75 Å². The second-order valence-corrected chi connectivity index (χ2v) is 5.64. The molecule has 0 atom stereocenters. The molecule has 0 aromatic heterocycles. The molecule has 1 N–H and O–H groups in total. The van der Waals surface area contributed by atoms with Gasteiger partial charge in [-0.1, -0.05) is 70.1 Å². The summed E-state index contributed by atoms with van der Waals surface area (Å²) in [4.78, 5) is 0. The van der Waals surface area contributed by atoms with Crippen LogP contribution >= 0.6 is 0 Å². The highest BCUT2D eigenvalue weighted by Gasteiger charge is 1.98. The summed E-state index contributed by atoms with van der Waals surface area (Å²) in [5.41, 5.74) is 1.10. The van der Waals surface area contributed by atoms with E-state index in [2.05, 4.69) is 6.92 Å². The molecule has 1 rings (SSSR count). The van der Waals surface area contributed by atoms with Gasteiger partial charge in [-0.05, 0) is 38.3 Å². The highest BCUT2D eigenvalue weighted by Crippen LogP contribution is 2.18. The van der Waals surface area contributed by atoms with Gasteiger partial charge in [-0.2, -0.15) is 0 Å².